The lowest BCUT2D eigenvalue weighted by Crippen LogP contribution is -2.37. The van der Waals surface area contributed by atoms with E-state index in [1.807, 2.05) is 66.5 Å². The van der Waals surface area contributed by atoms with Crippen LogP contribution in [0.25, 0.3) is 21.8 Å². The lowest BCUT2D eigenvalue weighted by atomic mass is 10.1. The van der Waals surface area contributed by atoms with E-state index >= 15 is 0 Å². The van der Waals surface area contributed by atoms with Crippen LogP contribution in [0.15, 0.2) is 59.7 Å². The highest BCUT2D eigenvalue weighted by atomic mass is 19.4. The molecule has 0 saturated heterocycles. The molecule has 0 saturated carbocycles. The first-order valence-electron chi connectivity index (χ1n) is 8.50. The summed E-state index contributed by atoms with van der Waals surface area (Å²) in [5, 5.41) is 14.1. The predicted molar refractivity (Wildman–Crippen MR) is 99.3 cm³/mol. The van der Waals surface area contributed by atoms with Gasteiger partial charge in [-0.25, -0.2) is 4.98 Å². The number of hydrogen-bond donors (Lipinski definition) is 1. The van der Waals surface area contributed by atoms with Crippen molar-refractivity contribution in [3.63, 3.8) is 0 Å². The van der Waals surface area contributed by atoms with Crippen LogP contribution >= 0.6 is 0 Å². The number of aliphatic carboxylic acids is 1. The molecule has 4 aromatic rings. The fraction of sp³-hybridized carbons (Fsp3) is 0.150. The van der Waals surface area contributed by atoms with Gasteiger partial charge in [-0.3, -0.25) is 4.79 Å². The highest BCUT2D eigenvalue weighted by Gasteiger charge is 2.28. The molecule has 0 amide bonds. The van der Waals surface area contributed by atoms with Gasteiger partial charge in [-0.15, -0.1) is 0 Å². The van der Waals surface area contributed by atoms with E-state index in [9.17, 15) is 18.0 Å². The van der Waals surface area contributed by atoms with Crippen molar-refractivity contribution >= 4 is 33.5 Å². The summed E-state index contributed by atoms with van der Waals surface area (Å²) in [6.45, 7) is 0.633. The van der Waals surface area contributed by atoms with Crippen molar-refractivity contribution in [2.75, 3.05) is 5.32 Å². The number of nitrogens with zero attached hydrogens (tertiary/aromatic N) is 1. The van der Waals surface area contributed by atoms with Gasteiger partial charge in [0.05, 0.1) is 22.0 Å². The van der Waals surface area contributed by atoms with E-state index in [4.69, 9.17) is 9.90 Å². The third kappa shape index (κ3) is 4.29. The van der Waals surface area contributed by atoms with E-state index in [1.165, 1.54) is 0 Å². The molecule has 0 aliphatic rings. The number of carbonyl (C=O) groups excluding carboxylic acids is 1. The number of carboxylic acids is 1. The Labute approximate surface area is 162 Å². The number of carbonyl (C=O) groups is 1. The molecule has 0 atom stereocenters. The molecule has 2 aromatic heterocycles. The van der Waals surface area contributed by atoms with Crippen molar-refractivity contribution < 1.29 is 28.1 Å². The number of aromatic amines is 1. The summed E-state index contributed by atoms with van der Waals surface area (Å²) in [4.78, 5) is 24.5. The van der Waals surface area contributed by atoms with Crippen LogP contribution < -0.4 is 20.8 Å². The molecule has 4 rings (SSSR count). The van der Waals surface area contributed by atoms with E-state index in [0.29, 0.717) is 17.7 Å². The van der Waals surface area contributed by atoms with Crippen LogP contribution in [0, 0.1) is 0 Å². The Hall–Kier alpha value is -3.62. The first-order chi connectivity index (χ1) is 13.7. The molecule has 2 aromatic carbocycles. The molecule has 2 N–H and O–H groups in total. The summed E-state index contributed by atoms with van der Waals surface area (Å²) in [6, 6.07) is 14.0. The van der Waals surface area contributed by atoms with E-state index in [-0.39, 0.29) is 5.43 Å². The normalized spacial score (nSPS) is 11.3. The number of H-pyrrole nitrogens is 1. The van der Waals surface area contributed by atoms with Gasteiger partial charge in [-0.2, -0.15) is 13.2 Å². The molecule has 9 heteroatoms. The molecular weight excluding hydrogens is 387 g/mol. The number of carboxylic acid groups (broad SMARTS) is 1. The Bertz CT molecular complexity index is 1200. The van der Waals surface area contributed by atoms with E-state index in [1.54, 1.807) is 0 Å². The molecule has 0 spiro atoms. The Morgan fingerprint density at radius 3 is 2.48 bits per heavy atom. The number of benzene rings is 2. The van der Waals surface area contributed by atoms with Gasteiger partial charge in [0, 0.05) is 19.8 Å². The second-order valence-corrected chi connectivity index (χ2v) is 6.32. The number of rotatable bonds is 3. The quantitative estimate of drug-likeness (QED) is 0.566. The summed E-state index contributed by atoms with van der Waals surface area (Å²) in [5.74, 6) is -3.01. The lowest BCUT2D eigenvalue weighted by molar-refractivity contribution is -0.344. The zero-order valence-electron chi connectivity index (χ0n) is 15.2. The van der Waals surface area contributed by atoms with Gasteiger partial charge in [-0.1, -0.05) is 30.3 Å². The van der Waals surface area contributed by atoms with Crippen LogP contribution in [0.3, 0.4) is 0 Å². The standard InChI is InChI=1S/C18H15N3O.C2HF3O2/c1-21-8-7-13-11-20-17-16(13)15(21)9-14(18(17)22)19-10-12-5-3-2-4-6-12;3-2(4,5)1(6)7/h2-9,11,19H,10H2,1H3;(H,6,7). The van der Waals surface area contributed by atoms with Crippen LogP contribution in [-0.4, -0.2) is 16.7 Å². The van der Waals surface area contributed by atoms with Crippen molar-refractivity contribution in [1.29, 1.82) is 0 Å². The monoisotopic (exact) mass is 403 g/mol. The van der Waals surface area contributed by atoms with Crippen molar-refractivity contribution in [3.05, 3.63) is 70.6 Å². The van der Waals surface area contributed by atoms with E-state index in [2.05, 4.69) is 10.3 Å². The number of nitrogens with one attached hydrogen (secondary N) is 2. The fourth-order valence-electron chi connectivity index (χ4n) is 2.91. The zero-order valence-corrected chi connectivity index (χ0v) is 15.2. The van der Waals surface area contributed by atoms with Crippen LogP contribution in [0.2, 0.25) is 0 Å². The van der Waals surface area contributed by atoms with Crippen molar-refractivity contribution in [2.24, 2.45) is 7.05 Å². The van der Waals surface area contributed by atoms with Gasteiger partial charge in [0.25, 0.3) is 10.9 Å². The number of alkyl halides is 3. The predicted octanol–water partition coefficient (Wildman–Crippen LogP) is 1.85. The molecule has 6 nitrogen and oxygen atoms in total. The molecular formula is C20H16F3N3O3. The first kappa shape index (κ1) is 20.1. The van der Waals surface area contributed by atoms with Gasteiger partial charge >= 0.3 is 6.18 Å². The van der Waals surface area contributed by atoms with Crippen LogP contribution in [0.5, 0.6) is 0 Å². The minimum absolute atomic E-state index is 0.0182. The number of hydrogen-bond acceptors (Lipinski definition) is 4. The Morgan fingerprint density at radius 2 is 1.86 bits per heavy atom. The number of pyridine rings is 1. The van der Waals surface area contributed by atoms with Gasteiger partial charge in [0.1, 0.15) is 5.97 Å². The Kier molecular flexibility index (Phi) is 5.40. The summed E-state index contributed by atoms with van der Waals surface area (Å²) in [6.07, 6.45) is -1.30. The van der Waals surface area contributed by atoms with Crippen LogP contribution in [0.4, 0.5) is 18.9 Å². The molecule has 0 bridgehead atoms. The summed E-state index contributed by atoms with van der Waals surface area (Å²) >= 11 is 0. The maximum atomic E-state index is 12.6. The van der Waals surface area contributed by atoms with Crippen molar-refractivity contribution in [2.45, 2.75) is 12.7 Å². The molecule has 29 heavy (non-hydrogen) atoms. The van der Waals surface area contributed by atoms with Crippen LogP contribution in [0.1, 0.15) is 5.56 Å². The molecule has 0 unspecified atom stereocenters. The maximum Gasteiger partial charge on any atom is 0.430 e. The lowest BCUT2D eigenvalue weighted by Gasteiger charge is -2.08. The Morgan fingerprint density at radius 1 is 1.21 bits per heavy atom. The molecule has 0 aliphatic heterocycles. The molecule has 0 radical (unpaired) electrons. The average molecular weight is 403 g/mol. The van der Waals surface area contributed by atoms with Crippen molar-refractivity contribution in [3.8, 4) is 0 Å². The maximum absolute atomic E-state index is 12.6. The van der Waals surface area contributed by atoms with E-state index in [0.717, 1.165) is 21.9 Å². The molecule has 150 valence electrons. The molecule has 0 aliphatic carbocycles. The number of anilines is 1. The minimum Gasteiger partial charge on any atom is -0.542 e. The summed E-state index contributed by atoms with van der Waals surface area (Å²) in [5.41, 5.74) is 3.51. The highest BCUT2D eigenvalue weighted by molar-refractivity contribution is 6.07. The third-order valence-electron chi connectivity index (χ3n) is 4.33. The second kappa shape index (κ2) is 7.78. The smallest absolute Gasteiger partial charge is 0.430 e. The molecule has 0 fully saturated rings. The van der Waals surface area contributed by atoms with Gasteiger partial charge in [0.15, 0.2) is 6.20 Å². The van der Waals surface area contributed by atoms with Crippen LogP contribution in [-0.2, 0) is 18.4 Å². The topological polar surface area (TPSA) is 88.3 Å². The highest BCUT2D eigenvalue weighted by Crippen LogP contribution is 2.24. The first-order valence-corrected chi connectivity index (χ1v) is 8.50. The number of aromatic nitrogens is 2. The second-order valence-electron chi connectivity index (χ2n) is 6.32. The van der Waals surface area contributed by atoms with E-state index < -0.39 is 12.1 Å². The summed E-state index contributed by atoms with van der Waals surface area (Å²) < 4.78 is 33.6. The van der Waals surface area contributed by atoms with Gasteiger partial charge < -0.3 is 19.8 Å². The number of aryl methyl sites for hydroxylation is 1. The zero-order chi connectivity index (χ0) is 21.2. The average Bonchev–Trinajstić information content (AvgIpc) is 3.11. The van der Waals surface area contributed by atoms with Gasteiger partial charge in [0.2, 0.25) is 0 Å². The fourth-order valence-corrected chi connectivity index (χ4v) is 2.91. The minimum atomic E-state index is -5.19. The Balaban J connectivity index is 0.000000298. The van der Waals surface area contributed by atoms with Crippen molar-refractivity contribution in [1.82, 2.24) is 4.57 Å². The molecule has 2 heterocycles. The number of halogens is 3. The van der Waals surface area contributed by atoms with Gasteiger partial charge in [-0.05, 0) is 17.7 Å². The largest absolute Gasteiger partial charge is 0.542 e. The SMILES string of the molecule is Cn1ccc2c[nH+]c3c(=O)c(NCc4ccccc4)cc1c23.O=C([O-])C(F)(F)F. The summed E-state index contributed by atoms with van der Waals surface area (Å²) in [7, 11) is 1.99. The third-order valence-corrected chi connectivity index (χ3v) is 4.33.